The zero-order valence-corrected chi connectivity index (χ0v) is 10.3. The number of rotatable bonds is 3. The Morgan fingerprint density at radius 3 is 2.44 bits per heavy atom. The van der Waals surface area contributed by atoms with E-state index in [1.54, 1.807) is 0 Å². The zero-order valence-electron chi connectivity index (χ0n) is 9.47. The molecule has 0 spiro atoms. The molecule has 1 atom stereocenters. The highest BCUT2D eigenvalue weighted by Gasteiger charge is 2.08. The van der Waals surface area contributed by atoms with E-state index >= 15 is 0 Å². The molecule has 0 aliphatic carbocycles. The van der Waals surface area contributed by atoms with E-state index in [9.17, 15) is 0 Å². The Hall–Kier alpha value is -1.42. The molecule has 16 heavy (non-hydrogen) atoms. The van der Waals surface area contributed by atoms with Crippen LogP contribution in [0.4, 0.5) is 5.82 Å². The van der Waals surface area contributed by atoms with Crippen molar-refractivity contribution in [3.8, 4) is 11.3 Å². The standard InChI is InChI=1S/C12H15N3S/c1-3-8(2)9-4-6-10(7-5-9)11-12(13)15-16-14-11/h4-8H,3H2,1-2H3,(H2,13,15). The number of hydrogen-bond acceptors (Lipinski definition) is 4. The first-order valence-corrected chi connectivity index (χ1v) is 6.13. The number of nitrogens with zero attached hydrogens (tertiary/aromatic N) is 2. The third-order valence-electron chi connectivity index (χ3n) is 2.88. The average molecular weight is 233 g/mol. The van der Waals surface area contributed by atoms with Crippen molar-refractivity contribution in [3.63, 3.8) is 0 Å². The predicted molar refractivity (Wildman–Crippen MR) is 68.5 cm³/mol. The largest absolute Gasteiger partial charge is 0.381 e. The van der Waals surface area contributed by atoms with Crippen molar-refractivity contribution in [2.24, 2.45) is 0 Å². The molecule has 2 N–H and O–H groups in total. The molecule has 0 aliphatic heterocycles. The molecule has 2 aromatic rings. The van der Waals surface area contributed by atoms with Crippen LogP contribution in [-0.4, -0.2) is 8.75 Å². The van der Waals surface area contributed by atoms with Gasteiger partial charge in [0.1, 0.15) is 5.69 Å². The Kier molecular flexibility index (Phi) is 3.19. The Morgan fingerprint density at radius 1 is 1.25 bits per heavy atom. The van der Waals surface area contributed by atoms with E-state index in [1.807, 2.05) is 0 Å². The van der Waals surface area contributed by atoms with Crippen LogP contribution in [0.1, 0.15) is 31.7 Å². The van der Waals surface area contributed by atoms with E-state index in [-0.39, 0.29) is 0 Å². The second-order valence-electron chi connectivity index (χ2n) is 3.93. The van der Waals surface area contributed by atoms with E-state index in [1.165, 1.54) is 5.56 Å². The van der Waals surface area contributed by atoms with Gasteiger partial charge in [-0.05, 0) is 17.9 Å². The minimum Gasteiger partial charge on any atom is -0.381 e. The monoisotopic (exact) mass is 233 g/mol. The van der Waals surface area contributed by atoms with Gasteiger partial charge in [-0.25, -0.2) is 0 Å². The van der Waals surface area contributed by atoms with Gasteiger partial charge in [-0.15, -0.1) is 0 Å². The maximum atomic E-state index is 5.73. The smallest absolute Gasteiger partial charge is 0.165 e. The summed E-state index contributed by atoms with van der Waals surface area (Å²) in [5.74, 6) is 1.11. The normalized spacial score (nSPS) is 12.6. The first-order chi connectivity index (χ1) is 7.72. The molecule has 0 saturated carbocycles. The lowest BCUT2D eigenvalue weighted by atomic mass is 9.97. The van der Waals surface area contributed by atoms with Crippen LogP contribution in [-0.2, 0) is 0 Å². The van der Waals surface area contributed by atoms with E-state index in [4.69, 9.17) is 5.73 Å². The lowest BCUT2D eigenvalue weighted by Gasteiger charge is -2.08. The lowest BCUT2D eigenvalue weighted by Crippen LogP contribution is -1.92. The summed E-state index contributed by atoms with van der Waals surface area (Å²) in [6.45, 7) is 4.43. The zero-order chi connectivity index (χ0) is 11.5. The molecule has 1 heterocycles. The second-order valence-corrected chi connectivity index (χ2v) is 4.46. The Morgan fingerprint density at radius 2 is 1.94 bits per heavy atom. The highest BCUT2D eigenvalue weighted by molar-refractivity contribution is 6.99. The van der Waals surface area contributed by atoms with Crippen LogP contribution in [0.15, 0.2) is 24.3 Å². The van der Waals surface area contributed by atoms with Crippen LogP contribution >= 0.6 is 11.7 Å². The summed E-state index contributed by atoms with van der Waals surface area (Å²) < 4.78 is 8.16. The van der Waals surface area contributed by atoms with Crippen LogP contribution in [0.25, 0.3) is 11.3 Å². The number of aromatic nitrogens is 2. The molecule has 84 valence electrons. The second kappa shape index (κ2) is 4.61. The van der Waals surface area contributed by atoms with Crippen LogP contribution < -0.4 is 5.73 Å². The number of nitrogens with two attached hydrogens (primary N) is 1. The summed E-state index contributed by atoms with van der Waals surface area (Å²) in [5, 5.41) is 0. The maximum absolute atomic E-state index is 5.73. The van der Waals surface area contributed by atoms with Gasteiger partial charge < -0.3 is 5.73 Å². The summed E-state index contributed by atoms with van der Waals surface area (Å²) in [6, 6.07) is 8.41. The lowest BCUT2D eigenvalue weighted by molar-refractivity contribution is 0.734. The number of hydrogen-bond donors (Lipinski definition) is 1. The molecular weight excluding hydrogens is 218 g/mol. The van der Waals surface area contributed by atoms with Crippen molar-refractivity contribution in [2.45, 2.75) is 26.2 Å². The molecule has 3 nitrogen and oxygen atoms in total. The topological polar surface area (TPSA) is 51.8 Å². The highest BCUT2D eigenvalue weighted by Crippen LogP contribution is 2.26. The molecular formula is C12H15N3S. The van der Waals surface area contributed by atoms with Gasteiger partial charge in [-0.3, -0.25) is 0 Å². The minimum atomic E-state index is 0.515. The van der Waals surface area contributed by atoms with Crippen molar-refractivity contribution < 1.29 is 0 Å². The molecule has 0 amide bonds. The van der Waals surface area contributed by atoms with Crippen molar-refractivity contribution in [3.05, 3.63) is 29.8 Å². The molecule has 2 rings (SSSR count). The van der Waals surface area contributed by atoms with Crippen molar-refractivity contribution in [1.29, 1.82) is 0 Å². The van der Waals surface area contributed by atoms with Gasteiger partial charge >= 0.3 is 0 Å². The molecule has 0 fully saturated rings. The van der Waals surface area contributed by atoms with Crippen molar-refractivity contribution >= 4 is 17.5 Å². The summed E-state index contributed by atoms with van der Waals surface area (Å²) >= 11 is 1.15. The van der Waals surface area contributed by atoms with E-state index in [0.29, 0.717) is 11.7 Å². The number of anilines is 1. The summed E-state index contributed by atoms with van der Waals surface area (Å²) in [6.07, 6.45) is 1.15. The Bertz CT molecular complexity index is 461. The van der Waals surface area contributed by atoms with Crippen molar-refractivity contribution in [1.82, 2.24) is 8.75 Å². The van der Waals surface area contributed by atoms with Gasteiger partial charge in [0.05, 0.1) is 11.7 Å². The van der Waals surface area contributed by atoms with Crippen LogP contribution in [0.5, 0.6) is 0 Å². The van der Waals surface area contributed by atoms with E-state index < -0.39 is 0 Å². The van der Waals surface area contributed by atoms with Crippen LogP contribution in [0, 0.1) is 0 Å². The van der Waals surface area contributed by atoms with E-state index in [2.05, 4.69) is 46.9 Å². The maximum Gasteiger partial charge on any atom is 0.165 e. The molecule has 4 heteroatoms. The predicted octanol–water partition coefficient (Wildman–Crippen LogP) is 3.30. The van der Waals surface area contributed by atoms with Gasteiger partial charge in [0.2, 0.25) is 0 Å². The molecule has 0 bridgehead atoms. The molecule has 0 radical (unpaired) electrons. The molecule has 1 aromatic carbocycles. The van der Waals surface area contributed by atoms with Gasteiger partial charge in [-0.1, -0.05) is 38.1 Å². The third kappa shape index (κ3) is 2.07. The summed E-state index contributed by atoms with van der Waals surface area (Å²) in [7, 11) is 0. The fourth-order valence-electron chi connectivity index (χ4n) is 1.60. The highest BCUT2D eigenvalue weighted by atomic mass is 32.1. The van der Waals surface area contributed by atoms with Gasteiger partial charge in [-0.2, -0.15) is 8.75 Å². The Balaban J connectivity index is 2.30. The van der Waals surface area contributed by atoms with Gasteiger partial charge in [0.15, 0.2) is 5.82 Å². The molecule has 0 saturated heterocycles. The fourth-order valence-corrected chi connectivity index (χ4v) is 2.10. The number of benzene rings is 1. The Labute approximate surface area is 99.6 Å². The first-order valence-electron chi connectivity index (χ1n) is 5.40. The third-order valence-corrected chi connectivity index (χ3v) is 3.42. The van der Waals surface area contributed by atoms with Crippen LogP contribution in [0.3, 0.4) is 0 Å². The fraction of sp³-hybridized carbons (Fsp3) is 0.333. The minimum absolute atomic E-state index is 0.515. The van der Waals surface area contributed by atoms with Gasteiger partial charge in [0, 0.05) is 5.56 Å². The van der Waals surface area contributed by atoms with E-state index in [0.717, 1.165) is 29.4 Å². The first kappa shape index (κ1) is 11.1. The summed E-state index contributed by atoms with van der Waals surface area (Å²) in [5.41, 5.74) is 8.92. The average Bonchev–Trinajstić information content (AvgIpc) is 2.75. The van der Waals surface area contributed by atoms with Gasteiger partial charge in [0.25, 0.3) is 0 Å². The SMILES string of the molecule is CCC(C)c1ccc(-c2nsnc2N)cc1. The van der Waals surface area contributed by atoms with Crippen molar-refractivity contribution in [2.75, 3.05) is 5.73 Å². The number of nitrogen functional groups attached to an aromatic ring is 1. The molecule has 0 aliphatic rings. The summed E-state index contributed by atoms with van der Waals surface area (Å²) in [4.78, 5) is 0. The molecule has 1 unspecified atom stereocenters. The quantitative estimate of drug-likeness (QED) is 0.885. The van der Waals surface area contributed by atoms with Crippen LogP contribution in [0.2, 0.25) is 0 Å². The molecule has 1 aromatic heterocycles.